The highest BCUT2D eigenvalue weighted by molar-refractivity contribution is 7.11. The molecule has 2 heterocycles. The second-order valence-electron chi connectivity index (χ2n) is 5.22. The monoisotopic (exact) mass is 359 g/mol. The third-order valence-electron chi connectivity index (χ3n) is 3.70. The van der Waals surface area contributed by atoms with Crippen molar-refractivity contribution < 1.29 is 23.7 Å². The molecule has 130 valence electrons. The van der Waals surface area contributed by atoms with Gasteiger partial charge in [0.25, 0.3) is 0 Å². The van der Waals surface area contributed by atoms with Crippen LogP contribution in [0.15, 0.2) is 34.3 Å². The second-order valence-corrected chi connectivity index (χ2v) is 6.17. The first-order valence-electron chi connectivity index (χ1n) is 7.44. The number of carbonyl (C=O) groups is 1. The van der Waals surface area contributed by atoms with Crippen molar-refractivity contribution in [1.29, 1.82) is 0 Å². The molecule has 1 aliphatic heterocycles. The molecule has 25 heavy (non-hydrogen) atoms. The van der Waals surface area contributed by atoms with Gasteiger partial charge in [-0.25, -0.2) is 9.79 Å². The number of nitrogens with zero attached hydrogens (tertiary/aromatic N) is 1. The second kappa shape index (κ2) is 6.98. The molecule has 1 aromatic carbocycles. The predicted octanol–water partition coefficient (Wildman–Crippen LogP) is 3.43. The fourth-order valence-electron chi connectivity index (χ4n) is 2.39. The van der Waals surface area contributed by atoms with Crippen LogP contribution >= 0.6 is 11.3 Å². The number of hydrogen-bond donors (Lipinski definition) is 0. The maximum Gasteiger partial charge on any atom is 0.363 e. The van der Waals surface area contributed by atoms with Gasteiger partial charge in [-0.1, -0.05) is 0 Å². The van der Waals surface area contributed by atoms with Gasteiger partial charge in [0.15, 0.2) is 17.2 Å². The number of benzene rings is 1. The minimum Gasteiger partial charge on any atom is -0.493 e. The molecule has 0 amide bonds. The molecule has 1 aliphatic rings. The number of esters is 1. The van der Waals surface area contributed by atoms with E-state index in [9.17, 15) is 4.79 Å². The third kappa shape index (κ3) is 3.23. The Hall–Kier alpha value is -2.80. The van der Waals surface area contributed by atoms with Crippen molar-refractivity contribution in [2.24, 2.45) is 4.99 Å². The van der Waals surface area contributed by atoms with Gasteiger partial charge in [0.2, 0.25) is 11.6 Å². The molecule has 0 saturated heterocycles. The minimum absolute atomic E-state index is 0.199. The Kier molecular flexibility index (Phi) is 4.76. The SMILES string of the molecule is COc1cc(C2=NC(=Cc3sccc3C)C(=O)O2)cc(OC)c1OC. The van der Waals surface area contributed by atoms with E-state index in [2.05, 4.69) is 4.99 Å². The predicted molar refractivity (Wildman–Crippen MR) is 95.8 cm³/mol. The molecule has 0 spiro atoms. The maximum absolute atomic E-state index is 12.1. The highest BCUT2D eigenvalue weighted by Gasteiger charge is 2.26. The summed E-state index contributed by atoms with van der Waals surface area (Å²) in [5.74, 6) is 1.09. The number of hydrogen-bond acceptors (Lipinski definition) is 7. The zero-order valence-corrected chi connectivity index (χ0v) is 15.1. The fraction of sp³-hybridized carbons (Fsp3) is 0.222. The third-order valence-corrected chi connectivity index (χ3v) is 4.67. The van der Waals surface area contributed by atoms with E-state index >= 15 is 0 Å². The smallest absolute Gasteiger partial charge is 0.363 e. The Morgan fingerprint density at radius 2 is 1.80 bits per heavy atom. The number of aliphatic imine (C=N–C) groups is 1. The molecule has 0 atom stereocenters. The topological polar surface area (TPSA) is 66.4 Å². The first kappa shape index (κ1) is 17.0. The van der Waals surface area contributed by atoms with Gasteiger partial charge in [-0.05, 0) is 42.1 Å². The minimum atomic E-state index is -0.489. The molecule has 1 aromatic heterocycles. The number of aryl methyl sites for hydroxylation is 1. The zero-order valence-electron chi connectivity index (χ0n) is 14.3. The standard InChI is InChI=1S/C18H17NO5S/c1-10-5-6-25-15(10)9-12-18(20)24-17(19-12)11-7-13(21-2)16(23-4)14(8-11)22-3/h5-9H,1-4H3. The summed E-state index contributed by atoms with van der Waals surface area (Å²) in [4.78, 5) is 17.4. The van der Waals surface area contributed by atoms with E-state index in [0.717, 1.165) is 10.4 Å². The lowest BCUT2D eigenvalue weighted by molar-refractivity contribution is -0.129. The van der Waals surface area contributed by atoms with Gasteiger partial charge < -0.3 is 18.9 Å². The summed E-state index contributed by atoms with van der Waals surface area (Å²) in [5.41, 5.74) is 1.91. The molecule has 0 fully saturated rings. The number of thiophene rings is 1. The number of ether oxygens (including phenoxy) is 4. The number of rotatable bonds is 5. The average molecular weight is 359 g/mol. The molecule has 3 rings (SSSR count). The molecule has 0 unspecified atom stereocenters. The van der Waals surface area contributed by atoms with Crippen LogP contribution in [0, 0.1) is 6.92 Å². The number of cyclic esters (lactones) is 1. The molecule has 2 aromatic rings. The lowest BCUT2D eigenvalue weighted by Gasteiger charge is -2.13. The van der Waals surface area contributed by atoms with Crippen LogP contribution in [-0.2, 0) is 9.53 Å². The highest BCUT2D eigenvalue weighted by atomic mass is 32.1. The normalized spacial score (nSPS) is 15.1. The summed E-state index contributed by atoms with van der Waals surface area (Å²) in [6.45, 7) is 1.98. The van der Waals surface area contributed by atoms with Crippen molar-refractivity contribution in [2.75, 3.05) is 21.3 Å². The molecule has 7 heteroatoms. The highest BCUT2D eigenvalue weighted by Crippen LogP contribution is 2.39. The summed E-state index contributed by atoms with van der Waals surface area (Å²) in [5, 5.41) is 1.96. The molecule has 0 saturated carbocycles. The Morgan fingerprint density at radius 1 is 1.12 bits per heavy atom. The van der Waals surface area contributed by atoms with E-state index in [1.165, 1.54) is 21.3 Å². The van der Waals surface area contributed by atoms with Gasteiger partial charge in [0.1, 0.15) is 0 Å². The van der Waals surface area contributed by atoms with Crippen molar-refractivity contribution in [3.05, 3.63) is 45.3 Å². The van der Waals surface area contributed by atoms with Crippen LogP contribution in [0.2, 0.25) is 0 Å². The summed E-state index contributed by atoms with van der Waals surface area (Å²) < 4.78 is 21.3. The van der Waals surface area contributed by atoms with Crippen LogP contribution < -0.4 is 14.2 Å². The van der Waals surface area contributed by atoms with Crippen LogP contribution in [-0.4, -0.2) is 33.2 Å². The van der Waals surface area contributed by atoms with E-state index in [1.807, 2.05) is 18.4 Å². The van der Waals surface area contributed by atoms with Gasteiger partial charge in [-0.3, -0.25) is 0 Å². The van der Waals surface area contributed by atoms with Gasteiger partial charge >= 0.3 is 5.97 Å². The van der Waals surface area contributed by atoms with Crippen molar-refractivity contribution in [3.8, 4) is 17.2 Å². The molecule has 6 nitrogen and oxygen atoms in total. The fourth-order valence-corrected chi connectivity index (χ4v) is 3.25. The van der Waals surface area contributed by atoms with E-state index in [-0.39, 0.29) is 11.6 Å². The summed E-state index contributed by atoms with van der Waals surface area (Å²) in [6, 6.07) is 5.36. The van der Waals surface area contributed by atoms with Crippen LogP contribution in [0.25, 0.3) is 6.08 Å². The van der Waals surface area contributed by atoms with Gasteiger partial charge in [0, 0.05) is 10.4 Å². The number of methoxy groups -OCH3 is 3. The summed E-state index contributed by atoms with van der Waals surface area (Å²) >= 11 is 1.54. The van der Waals surface area contributed by atoms with Crippen LogP contribution in [0.4, 0.5) is 0 Å². The summed E-state index contributed by atoms with van der Waals surface area (Å²) in [6.07, 6.45) is 1.73. The lowest BCUT2D eigenvalue weighted by atomic mass is 10.1. The van der Waals surface area contributed by atoms with Crippen LogP contribution in [0.1, 0.15) is 16.0 Å². The van der Waals surface area contributed by atoms with Crippen LogP contribution in [0.3, 0.4) is 0 Å². The van der Waals surface area contributed by atoms with E-state index in [0.29, 0.717) is 22.8 Å². The van der Waals surface area contributed by atoms with Gasteiger partial charge in [0.05, 0.1) is 21.3 Å². The Morgan fingerprint density at radius 3 is 2.32 bits per heavy atom. The van der Waals surface area contributed by atoms with Gasteiger partial charge in [-0.15, -0.1) is 11.3 Å². The zero-order chi connectivity index (χ0) is 18.0. The Balaban J connectivity index is 2.02. The quantitative estimate of drug-likeness (QED) is 0.604. The van der Waals surface area contributed by atoms with E-state index in [4.69, 9.17) is 18.9 Å². The first-order chi connectivity index (χ1) is 12.1. The van der Waals surface area contributed by atoms with Crippen molar-refractivity contribution >= 4 is 29.3 Å². The molecular formula is C18H17NO5S. The van der Waals surface area contributed by atoms with Crippen molar-refractivity contribution in [2.45, 2.75) is 6.92 Å². The summed E-state index contributed by atoms with van der Waals surface area (Å²) in [7, 11) is 4.57. The molecule has 0 radical (unpaired) electrons. The number of carbonyl (C=O) groups excluding carboxylic acids is 1. The van der Waals surface area contributed by atoms with Crippen LogP contribution in [0.5, 0.6) is 17.2 Å². The van der Waals surface area contributed by atoms with Crippen molar-refractivity contribution in [1.82, 2.24) is 0 Å². The van der Waals surface area contributed by atoms with Gasteiger partial charge in [-0.2, -0.15) is 0 Å². The first-order valence-corrected chi connectivity index (χ1v) is 8.32. The van der Waals surface area contributed by atoms with E-state index < -0.39 is 5.97 Å². The largest absolute Gasteiger partial charge is 0.493 e. The van der Waals surface area contributed by atoms with Crippen molar-refractivity contribution in [3.63, 3.8) is 0 Å². The Labute approximate surface area is 149 Å². The Bertz CT molecular complexity index is 856. The maximum atomic E-state index is 12.1. The molecular weight excluding hydrogens is 342 g/mol. The van der Waals surface area contributed by atoms with E-state index in [1.54, 1.807) is 29.5 Å². The molecule has 0 bridgehead atoms. The lowest BCUT2D eigenvalue weighted by Crippen LogP contribution is -2.06. The molecule has 0 aliphatic carbocycles. The molecule has 0 N–H and O–H groups in total. The average Bonchev–Trinajstić information content (AvgIpc) is 3.20.